The molecule has 0 aromatic heterocycles. The molecule has 2 atom stereocenters. The smallest absolute Gasteiger partial charge is 0.123 e. The van der Waals surface area contributed by atoms with Crippen LogP contribution in [-0.4, -0.2) is 40.6 Å². The van der Waals surface area contributed by atoms with E-state index in [9.17, 15) is 14.7 Å². The van der Waals surface area contributed by atoms with Crippen molar-refractivity contribution >= 4 is 5.71 Å². The SMILES string of the molecule is C=CCN1C[C@@H](CO)/C(=N\O)[C@@H]1c1ccc(F)cc1. The van der Waals surface area contributed by atoms with Gasteiger partial charge in [-0.15, -0.1) is 6.58 Å². The van der Waals surface area contributed by atoms with Crippen molar-refractivity contribution in [1.29, 1.82) is 0 Å². The zero-order chi connectivity index (χ0) is 13.8. The van der Waals surface area contributed by atoms with E-state index in [0.29, 0.717) is 18.8 Å². The number of benzene rings is 1. The van der Waals surface area contributed by atoms with Crippen LogP contribution >= 0.6 is 0 Å². The lowest BCUT2D eigenvalue weighted by atomic mass is 9.98. The minimum Gasteiger partial charge on any atom is -0.411 e. The predicted octanol–water partition coefficient (Wildman–Crippen LogP) is 1.81. The summed E-state index contributed by atoms with van der Waals surface area (Å²) < 4.78 is 13.0. The second-order valence-corrected chi connectivity index (χ2v) is 4.60. The van der Waals surface area contributed by atoms with Crippen molar-refractivity contribution in [3.8, 4) is 0 Å². The first-order valence-corrected chi connectivity index (χ1v) is 6.14. The van der Waals surface area contributed by atoms with E-state index in [2.05, 4.69) is 11.7 Å². The molecule has 102 valence electrons. The fourth-order valence-electron chi connectivity index (χ4n) is 2.55. The minimum atomic E-state index is -0.307. The fraction of sp³-hybridized carbons (Fsp3) is 0.357. The van der Waals surface area contributed by atoms with Gasteiger partial charge in [0.05, 0.1) is 18.4 Å². The second kappa shape index (κ2) is 5.95. The maximum Gasteiger partial charge on any atom is 0.123 e. The van der Waals surface area contributed by atoms with Crippen LogP contribution in [0.5, 0.6) is 0 Å². The topological polar surface area (TPSA) is 56.1 Å². The van der Waals surface area contributed by atoms with Gasteiger partial charge in [-0.1, -0.05) is 23.4 Å². The minimum absolute atomic E-state index is 0.0786. The first-order chi connectivity index (χ1) is 9.21. The number of hydrogen-bond acceptors (Lipinski definition) is 4. The Bertz CT molecular complexity index is 473. The molecule has 1 aromatic carbocycles. The highest BCUT2D eigenvalue weighted by atomic mass is 19.1. The van der Waals surface area contributed by atoms with Crippen molar-refractivity contribution in [1.82, 2.24) is 4.90 Å². The van der Waals surface area contributed by atoms with E-state index in [4.69, 9.17) is 0 Å². The van der Waals surface area contributed by atoms with Gasteiger partial charge >= 0.3 is 0 Å². The van der Waals surface area contributed by atoms with Gasteiger partial charge in [0.25, 0.3) is 0 Å². The molecule has 0 radical (unpaired) electrons. The maximum atomic E-state index is 13.0. The number of aliphatic hydroxyl groups is 1. The molecule has 0 aliphatic carbocycles. The van der Waals surface area contributed by atoms with Gasteiger partial charge in [0, 0.05) is 19.0 Å². The summed E-state index contributed by atoms with van der Waals surface area (Å²) >= 11 is 0. The van der Waals surface area contributed by atoms with Gasteiger partial charge < -0.3 is 10.3 Å². The number of halogens is 1. The van der Waals surface area contributed by atoms with Crippen LogP contribution in [0.1, 0.15) is 11.6 Å². The van der Waals surface area contributed by atoms with Gasteiger partial charge in [0.15, 0.2) is 0 Å². The van der Waals surface area contributed by atoms with E-state index < -0.39 is 0 Å². The molecule has 0 amide bonds. The van der Waals surface area contributed by atoms with E-state index in [1.54, 1.807) is 18.2 Å². The summed E-state index contributed by atoms with van der Waals surface area (Å²) in [6, 6.07) is 5.84. The van der Waals surface area contributed by atoms with Crippen LogP contribution in [0.15, 0.2) is 42.1 Å². The van der Waals surface area contributed by atoms with Gasteiger partial charge in [0.1, 0.15) is 5.82 Å². The first kappa shape index (κ1) is 13.7. The third kappa shape index (κ3) is 2.67. The van der Waals surface area contributed by atoms with Gasteiger partial charge in [-0.25, -0.2) is 4.39 Å². The standard InChI is InChI=1S/C14H17FN2O2/c1-2-7-17-8-11(9-18)13(16-19)14(17)10-3-5-12(15)6-4-10/h2-6,11,14,18-19H,1,7-9H2/b16-13+/t11-,14-/m0/s1. The Morgan fingerprint density at radius 2 is 2.11 bits per heavy atom. The molecule has 1 aliphatic heterocycles. The Kier molecular flexibility index (Phi) is 4.29. The van der Waals surface area contributed by atoms with Crippen molar-refractivity contribution in [3.05, 3.63) is 48.3 Å². The first-order valence-electron chi connectivity index (χ1n) is 6.14. The Hall–Kier alpha value is -1.72. The second-order valence-electron chi connectivity index (χ2n) is 4.60. The normalized spacial score (nSPS) is 25.9. The Morgan fingerprint density at radius 1 is 1.42 bits per heavy atom. The summed E-state index contributed by atoms with van der Waals surface area (Å²) in [5, 5.41) is 21.9. The third-order valence-corrected chi connectivity index (χ3v) is 3.40. The van der Waals surface area contributed by atoms with Gasteiger partial charge in [-0.05, 0) is 17.7 Å². The highest BCUT2D eigenvalue weighted by Crippen LogP contribution is 2.33. The zero-order valence-corrected chi connectivity index (χ0v) is 10.5. The van der Waals surface area contributed by atoms with Crippen LogP contribution < -0.4 is 0 Å². The van der Waals surface area contributed by atoms with Crippen LogP contribution in [0.4, 0.5) is 4.39 Å². The van der Waals surface area contributed by atoms with Gasteiger partial charge in [0.2, 0.25) is 0 Å². The Balaban J connectivity index is 2.36. The lowest BCUT2D eigenvalue weighted by Crippen LogP contribution is -2.25. The Morgan fingerprint density at radius 3 is 2.63 bits per heavy atom. The molecule has 4 nitrogen and oxygen atoms in total. The van der Waals surface area contributed by atoms with E-state index in [1.165, 1.54) is 12.1 Å². The molecule has 0 unspecified atom stereocenters. The molecule has 2 rings (SSSR count). The summed E-state index contributed by atoms with van der Waals surface area (Å²) in [6.45, 7) is 4.82. The highest BCUT2D eigenvalue weighted by molar-refractivity contribution is 5.94. The lowest BCUT2D eigenvalue weighted by Gasteiger charge is -2.22. The largest absolute Gasteiger partial charge is 0.411 e. The van der Waals surface area contributed by atoms with Crippen molar-refractivity contribution in [2.24, 2.45) is 11.1 Å². The molecule has 2 N–H and O–H groups in total. The summed E-state index contributed by atoms with van der Waals surface area (Å²) in [4.78, 5) is 2.04. The van der Waals surface area contributed by atoms with Gasteiger partial charge in [-0.2, -0.15) is 0 Å². The van der Waals surface area contributed by atoms with Crippen molar-refractivity contribution in [2.45, 2.75) is 6.04 Å². The van der Waals surface area contributed by atoms with Gasteiger partial charge in [-0.3, -0.25) is 4.90 Å². The van der Waals surface area contributed by atoms with E-state index in [1.807, 2.05) is 4.90 Å². The maximum absolute atomic E-state index is 13.0. The molecule has 1 aromatic rings. The predicted molar refractivity (Wildman–Crippen MR) is 70.7 cm³/mol. The number of nitrogens with zero attached hydrogens (tertiary/aromatic N) is 2. The van der Waals surface area contributed by atoms with E-state index >= 15 is 0 Å². The van der Waals surface area contributed by atoms with Crippen LogP contribution in [0.25, 0.3) is 0 Å². The summed E-state index contributed by atoms with van der Waals surface area (Å²) in [5.74, 6) is -0.516. The van der Waals surface area contributed by atoms with Crippen LogP contribution in [0, 0.1) is 11.7 Å². The number of hydrogen-bond donors (Lipinski definition) is 2. The van der Waals surface area contributed by atoms with Crippen LogP contribution in [0.3, 0.4) is 0 Å². The molecule has 0 bridgehead atoms. The summed E-state index contributed by atoms with van der Waals surface area (Å²) in [5.41, 5.74) is 1.35. The molecule has 1 fully saturated rings. The third-order valence-electron chi connectivity index (χ3n) is 3.40. The average Bonchev–Trinajstić information content (AvgIpc) is 2.78. The summed E-state index contributed by atoms with van der Waals surface area (Å²) in [7, 11) is 0. The van der Waals surface area contributed by atoms with Crippen molar-refractivity contribution in [2.75, 3.05) is 19.7 Å². The zero-order valence-electron chi connectivity index (χ0n) is 10.5. The van der Waals surface area contributed by atoms with E-state index in [0.717, 1.165) is 5.56 Å². The lowest BCUT2D eigenvalue weighted by molar-refractivity contribution is 0.229. The average molecular weight is 264 g/mol. The molecule has 0 spiro atoms. The quantitative estimate of drug-likeness (QED) is 0.495. The van der Waals surface area contributed by atoms with Crippen molar-refractivity contribution < 1.29 is 14.7 Å². The summed E-state index contributed by atoms with van der Waals surface area (Å²) in [6.07, 6.45) is 1.76. The number of oxime groups is 1. The molecule has 19 heavy (non-hydrogen) atoms. The molecule has 5 heteroatoms. The van der Waals surface area contributed by atoms with E-state index in [-0.39, 0.29) is 24.4 Å². The van der Waals surface area contributed by atoms with Crippen LogP contribution in [-0.2, 0) is 0 Å². The molecule has 1 heterocycles. The molecule has 0 saturated carbocycles. The van der Waals surface area contributed by atoms with Crippen molar-refractivity contribution in [3.63, 3.8) is 0 Å². The fourth-order valence-corrected chi connectivity index (χ4v) is 2.55. The number of likely N-dealkylation sites (tertiary alicyclic amines) is 1. The monoisotopic (exact) mass is 264 g/mol. The Labute approximate surface area is 111 Å². The van der Waals surface area contributed by atoms with Crippen LogP contribution in [0.2, 0.25) is 0 Å². The molecular formula is C14H17FN2O2. The molecular weight excluding hydrogens is 247 g/mol. The number of rotatable bonds is 4. The highest BCUT2D eigenvalue weighted by Gasteiger charge is 2.38. The number of aliphatic hydroxyl groups excluding tert-OH is 1. The molecule has 1 saturated heterocycles. The molecule has 1 aliphatic rings.